The summed E-state index contributed by atoms with van der Waals surface area (Å²) in [5, 5.41) is 1.63. The van der Waals surface area contributed by atoms with Gasteiger partial charge in [-0.1, -0.05) is 23.7 Å². The first-order valence-electron chi connectivity index (χ1n) is 3.90. The van der Waals surface area contributed by atoms with E-state index in [1.807, 2.05) is 19.1 Å². The zero-order valence-electron chi connectivity index (χ0n) is 7.01. The molecule has 0 N–H and O–H groups in total. The molecule has 1 aromatic carbocycles. The van der Waals surface area contributed by atoms with E-state index in [4.69, 9.17) is 11.6 Å². The summed E-state index contributed by atoms with van der Waals surface area (Å²) < 4.78 is 1.02. The van der Waals surface area contributed by atoms with Crippen LogP contribution in [0.4, 0.5) is 0 Å². The molecule has 2 rings (SSSR count). The predicted molar refractivity (Wildman–Crippen MR) is 59.2 cm³/mol. The summed E-state index contributed by atoms with van der Waals surface area (Å²) in [5.41, 5.74) is 2.09. The summed E-state index contributed by atoms with van der Waals surface area (Å²) in [7, 11) is 0. The second-order valence-electron chi connectivity index (χ2n) is 2.90. The largest absolute Gasteiger partial charge is 0.235 e. The average Bonchev–Trinajstić information content (AvgIpc) is 2.12. The molecule has 0 unspecified atom stereocenters. The van der Waals surface area contributed by atoms with E-state index in [1.165, 1.54) is 5.56 Å². The van der Waals surface area contributed by atoms with Crippen LogP contribution in [0.25, 0.3) is 10.9 Å². The number of rotatable bonds is 0. The molecule has 0 aliphatic carbocycles. The van der Waals surface area contributed by atoms with Crippen LogP contribution in [0, 0.1) is 6.92 Å². The summed E-state index contributed by atoms with van der Waals surface area (Å²) in [6, 6.07) is 7.86. The molecule has 0 spiro atoms. The van der Waals surface area contributed by atoms with E-state index in [2.05, 4.69) is 27.0 Å². The van der Waals surface area contributed by atoms with Crippen molar-refractivity contribution in [3.8, 4) is 0 Å². The molecule has 0 saturated carbocycles. The van der Waals surface area contributed by atoms with Gasteiger partial charge in [0, 0.05) is 9.86 Å². The second-order valence-corrected chi connectivity index (χ2v) is 4.08. The zero-order chi connectivity index (χ0) is 9.42. The molecule has 13 heavy (non-hydrogen) atoms. The number of halogens is 2. The topological polar surface area (TPSA) is 12.9 Å². The lowest BCUT2D eigenvalue weighted by molar-refractivity contribution is 1.36. The second kappa shape index (κ2) is 3.28. The van der Waals surface area contributed by atoms with Gasteiger partial charge in [0.2, 0.25) is 0 Å². The van der Waals surface area contributed by atoms with Crippen LogP contribution in [0.3, 0.4) is 0 Å². The highest BCUT2D eigenvalue weighted by atomic mass is 79.9. The van der Waals surface area contributed by atoms with Crippen molar-refractivity contribution in [3.05, 3.63) is 39.5 Å². The Morgan fingerprint density at radius 3 is 2.69 bits per heavy atom. The summed E-state index contributed by atoms with van der Waals surface area (Å²) in [6.45, 7) is 2.03. The lowest BCUT2D eigenvalue weighted by atomic mass is 10.1. The molecule has 3 heteroatoms. The first-order valence-corrected chi connectivity index (χ1v) is 5.07. The fourth-order valence-corrected chi connectivity index (χ4v) is 1.83. The van der Waals surface area contributed by atoms with Crippen molar-refractivity contribution in [1.29, 1.82) is 0 Å². The minimum absolute atomic E-state index is 0.527. The van der Waals surface area contributed by atoms with Crippen LogP contribution in [0.5, 0.6) is 0 Å². The Kier molecular flexibility index (Phi) is 2.26. The van der Waals surface area contributed by atoms with Crippen molar-refractivity contribution in [2.75, 3.05) is 0 Å². The van der Waals surface area contributed by atoms with Crippen LogP contribution < -0.4 is 0 Å². The highest BCUT2D eigenvalue weighted by Crippen LogP contribution is 2.26. The van der Waals surface area contributed by atoms with E-state index in [-0.39, 0.29) is 0 Å². The van der Waals surface area contributed by atoms with E-state index >= 15 is 0 Å². The van der Waals surface area contributed by atoms with E-state index in [1.54, 1.807) is 6.07 Å². The number of nitrogens with zero attached hydrogens (tertiary/aromatic N) is 1. The molecule has 0 amide bonds. The molecular formula is C10H7BrClN. The molecule has 1 heterocycles. The number of hydrogen-bond acceptors (Lipinski definition) is 1. The fourth-order valence-electron chi connectivity index (χ4n) is 1.23. The van der Waals surface area contributed by atoms with E-state index < -0.39 is 0 Å². The van der Waals surface area contributed by atoms with Gasteiger partial charge in [-0.05, 0) is 40.5 Å². The highest BCUT2D eigenvalue weighted by molar-refractivity contribution is 9.10. The Morgan fingerprint density at radius 2 is 1.92 bits per heavy atom. The molecule has 66 valence electrons. The van der Waals surface area contributed by atoms with Gasteiger partial charge in [0.05, 0.1) is 5.52 Å². The van der Waals surface area contributed by atoms with Crippen LogP contribution in [0.1, 0.15) is 5.56 Å². The first kappa shape index (κ1) is 8.97. The lowest BCUT2D eigenvalue weighted by Crippen LogP contribution is -1.83. The smallest absolute Gasteiger partial charge is 0.129 e. The van der Waals surface area contributed by atoms with Crippen molar-refractivity contribution in [2.24, 2.45) is 0 Å². The van der Waals surface area contributed by atoms with E-state index in [0.29, 0.717) is 5.15 Å². The van der Waals surface area contributed by atoms with Gasteiger partial charge in [-0.25, -0.2) is 4.98 Å². The minimum atomic E-state index is 0.527. The highest BCUT2D eigenvalue weighted by Gasteiger charge is 2.03. The number of aryl methyl sites for hydroxylation is 1. The summed E-state index contributed by atoms with van der Waals surface area (Å²) in [5.74, 6) is 0. The number of aromatic nitrogens is 1. The van der Waals surface area contributed by atoms with Crippen LogP contribution in [-0.2, 0) is 0 Å². The van der Waals surface area contributed by atoms with Gasteiger partial charge in [0.1, 0.15) is 5.15 Å². The van der Waals surface area contributed by atoms with E-state index in [0.717, 1.165) is 15.4 Å². The lowest BCUT2D eigenvalue weighted by Gasteiger charge is -2.02. The van der Waals surface area contributed by atoms with Crippen LogP contribution in [-0.4, -0.2) is 4.98 Å². The number of benzene rings is 1. The molecule has 1 aromatic heterocycles. The van der Waals surface area contributed by atoms with Gasteiger partial charge in [0.15, 0.2) is 0 Å². The van der Waals surface area contributed by atoms with Crippen molar-refractivity contribution in [1.82, 2.24) is 4.98 Å². The van der Waals surface area contributed by atoms with Crippen molar-refractivity contribution in [3.63, 3.8) is 0 Å². The standard InChI is InChI=1S/C10H7BrClN/c1-6-2-3-7-4-5-8(12)13-10(7)9(6)11/h2-5H,1H3. The molecule has 0 atom stereocenters. The van der Waals surface area contributed by atoms with E-state index in [9.17, 15) is 0 Å². The summed E-state index contributed by atoms with van der Waals surface area (Å²) >= 11 is 9.30. The normalized spacial score (nSPS) is 10.7. The summed E-state index contributed by atoms with van der Waals surface area (Å²) in [6.07, 6.45) is 0. The molecule has 0 aliphatic rings. The molecule has 1 nitrogen and oxygen atoms in total. The SMILES string of the molecule is Cc1ccc2ccc(Cl)nc2c1Br. The third kappa shape index (κ3) is 1.56. The van der Waals surface area contributed by atoms with Crippen LogP contribution in [0.2, 0.25) is 5.15 Å². The van der Waals surface area contributed by atoms with Crippen molar-refractivity contribution in [2.45, 2.75) is 6.92 Å². The summed E-state index contributed by atoms with van der Waals surface area (Å²) in [4.78, 5) is 4.25. The Morgan fingerprint density at radius 1 is 1.23 bits per heavy atom. The Hall–Kier alpha value is -0.600. The molecular weight excluding hydrogens is 249 g/mol. The monoisotopic (exact) mass is 255 g/mol. The third-order valence-corrected chi connectivity index (χ3v) is 3.17. The predicted octanol–water partition coefficient (Wildman–Crippen LogP) is 3.96. The van der Waals surface area contributed by atoms with Crippen molar-refractivity contribution < 1.29 is 0 Å². The fraction of sp³-hybridized carbons (Fsp3) is 0.100. The number of pyridine rings is 1. The van der Waals surface area contributed by atoms with Crippen molar-refractivity contribution >= 4 is 38.4 Å². The van der Waals surface area contributed by atoms with Gasteiger partial charge in [0.25, 0.3) is 0 Å². The number of fused-ring (bicyclic) bond motifs is 1. The third-order valence-electron chi connectivity index (χ3n) is 1.96. The quantitative estimate of drug-likeness (QED) is 0.650. The minimum Gasteiger partial charge on any atom is -0.235 e. The maximum absolute atomic E-state index is 5.81. The van der Waals surface area contributed by atoms with Gasteiger partial charge < -0.3 is 0 Å². The van der Waals surface area contributed by atoms with Crippen LogP contribution >= 0.6 is 27.5 Å². The zero-order valence-corrected chi connectivity index (χ0v) is 9.35. The Bertz CT molecular complexity index is 462. The molecule has 0 bridgehead atoms. The maximum atomic E-state index is 5.81. The molecule has 0 fully saturated rings. The molecule has 2 aromatic rings. The first-order chi connectivity index (χ1) is 6.18. The van der Waals surface area contributed by atoms with Gasteiger partial charge >= 0.3 is 0 Å². The average molecular weight is 257 g/mol. The molecule has 0 radical (unpaired) electrons. The van der Waals surface area contributed by atoms with Gasteiger partial charge in [-0.2, -0.15) is 0 Å². The van der Waals surface area contributed by atoms with Crippen LogP contribution in [0.15, 0.2) is 28.7 Å². The Balaban J connectivity index is 2.89. The maximum Gasteiger partial charge on any atom is 0.129 e. The van der Waals surface area contributed by atoms with Gasteiger partial charge in [-0.15, -0.1) is 0 Å². The molecule has 0 aliphatic heterocycles. The Labute approximate surface area is 89.9 Å². The van der Waals surface area contributed by atoms with Gasteiger partial charge in [-0.3, -0.25) is 0 Å². The molecule has 0 saturated heterocycles. The number of hydrogen-bond donors (Lipinski definition) is 0.